The molecule has 0 aliphatic rings. The molecule has 0 heterocycles. The van der Waals surface area contributed by atoms with Gasteiger partial charge in [0.15, 0.2) is 0 Å². The lowest BCUT2D eigenvalue weighted by atomic mass is 10.2. The Bertz CT molecular complexity index is 881. The zero-order valence-corrected chi connectivity index (χ0v) is 18.1. The maximum atomic E-state index is 13.2. The fraction of sp³-hybridized carbons (Fsp3) is 0.381. The summed E-state index contributed by atoms with van der Waals surface area (Å²) in [6.07, 6.45) is 1.78. The highest BCUT2D eigenvalue weighted by atomic mass is 35.5. The van der Waals surface area contributed by atoms with Gasteiger partial charge in [-0.05, 0) is 50.1 Å². The van der Waals surface area contributed by atoms with E-state index in [1.54, 1.807) is 48.5 Å². The molecule has 1 amide bonds. The summed E-state index contributed by atoms with van der Waals surface area (Å²) in [6.45, 7) is 5.69. The van der Waals surface area contributed by atoms with E-state index in [1.165, 1.54) is 4.31 Å². The molecule has 0 aromatic heterocycles. The summed E-state index contributed by atoms with van der Waals surface area (Å²) >= 11 is 5.92. The van der Waals surface area contributed by atoms with Gasteiger partial charge >= 0.3 is 0 Å². The number of halogens is 1. The van der Waals surface area contributed by atoms with E-state index in [1.807, 2.05) is 20.8 Å². The van der Waals surface area contributed by atoms with Crippen molar-refractivity contribution in [2.75, 3.05) is 6.54 Å². The highest BCUT2D eigenvalue weighted by Gasteiger charge is 2.27. The van der Waals surface area contributed by atoms with Gasteiger partial charge in [0.1, 0.15) is 0 Å². The van der Waals surface area contributed by atoms with Gasteiger partial charge in [-0.3, -0.25) is 4.79 Å². The van der Waals surface area contributed by atoms with Crippen molar-refractivity contribution in [3.8, 4) is 0 Å². The molecule has 2 aromatic rings. The summed E-state index contributed by atoms with van der Waals surface area (Å²) in [6, 6.07) is 13.6. The van der Waals surface area contributed by atoms with Crippen molar-refractivity contribution in [2.24, 2.45) is 0 Å². The molecule has 0 saturated heterocycles. The molecule has 2 rings (SSSR count). The molecule has 0 bridgehead atoms. The first-order chi connectivity index (χ1) is 13.2. The lowest BCUT2D eigenvalue weighted by Crippen LogP contribution is -2.43. The Hall–Kier alpha value is -1.89. The van der Waals surface area contributed by atoms with E-state index >= 15 is 0 Å². The number of benzene rings is 2. The molecule has 2 aromatic carbocycles. The molecule has 1 atom stereocenters. The molecular weight excluding hydrogens is 396 g/mol. The Balaban J connectivity index is 2.27. The van der Waals surface area contributed by atoms with E-state index < -0.39 is 10.0 Å². The van der Waals surface area contributed by atoms with Crippen molar-refractivity contribution in [2.45, 2.75) is 51.1 Å². The van der Waals surface area contributed by atoms with Crippen LogP contribution < -0.4 is 5.32 Å². The van der Waals surface area contributed by atoms with E-state index in [0.29, 0.717) is 5.02 Å². The van der Waals surface area contributed by atoms with Crippen molar-refractivity contribution < 1.29 is 13.2 Å². The van der Waals surface area contributed by atoms with Crippen LogP contribution in [0.3, 0.4) is 0 Å². The van der Waals surface area contributed by atoms with E-state index in [0.717, 1.165) is 24.0 Å². The SMILES string of the molecule is CCCC(C)NC(=O)CN(Cc1ccc(Cl)cc1)S(=O)(=O)c1ccc(C)cc1. The Morgan fingerprint density at radius 1 is 1.11 bits per heavy atom. The molecule has 0 fully saturated rings. The molecule has 28 heavy (non-hydrogen) atoms. The summed E-state index contributed by atoms with van der Waals surface area (Å²) in [7, 11) is -3.83. The highest BCUT2D eigenvalue weighted by Crippen LogP contribution is 2.20. The zero-order valence-electron chi connectivity index (χ0n) is 16.5. The van der Waals surface area contributed by atoms with E-state index in [-0.39, 0.29) is 29.9 Å². The van der Waals surface area contributed by atoms with Gasteiger partial charge in [0, 0.05) is 17.6 Å². The Labute approximate surface area is 172 Å². The molecule has 0 radical (unpaired) electrons. The predicted octanol–water partition coefficient (Wildman–Crippen LogP) is 4.14. The first-order valence-corrected chi connectivity index (χ1v) is 11.1. The normalized spacial score (nSPS) is 12.8. The van der Waals surface area contributed by atoms with Crippen molar-refractivity contribution in [3.63, 3.8) is 0 Å². The lowest BCUT2D eigenvalue weighted by molar-refractivity contribution is -0.122. The van der Waals surface area contributed by atoms with Gasteiger partial charge < -0.3 is 5.32 Å². The van der Waals surface area contributed by atoms with Gasteiger partial charge in [-0.15, -0.1) is 0 Å². The zero-order chi connectivity index (χ0) is 20.7. The van der Waals surface area contributed by atoms with Crippen LogP contribution in [0, 0.1) is 6.92 Å². The van der Waals surface area contributed by atoms with Crippen LogP contribution in [0.4, 0.5) is 0 Å². The number of rotatable bonds is 9. The van der Waals surface area contributed by atoms with Crippen LogP contribution in [-0.4, -0.2) is 31.2 Å². The predicted molar refractivity (Wildman–Crippen MR) is 113 cm³/mol. The molecule has 0 spiro atoms. The molecule has 1 N–H and O–H groups in total. The van der Waals surface area contributed by atoms with E-state index in [4.69, 9.17) is 11.6 Å². The number of aryl methyl sites for hydroxylation is 1. The molecule has 5 nitrogen and oxygen atoms in total. The summed E-state index contributed by atoms with van der Waals surface area (Å²) in [5.74, 6) is -0.314. The summed E-state index contributed by atoms with van der Waals surface area (Å²) in [5, 5.41) is 3.44. The van der Waals surface area contributed by atoms with Gasteiger partial charge in [-0.25, -0.2) is 8.42 Å². The molecule has 0 aliphatic carbocycles. The minimum Gasteiger partial charge on any atom is -0.353 e. The number of carbonyl (C=O) groups is 1. The molecule has 1 unspecified atom stereocenters. The van der Waals surface area contributed by atoms with E-state index in [2.05, 4.69) is 5.32 Å². The van der Waals surface area contributed by atoms with Gasteiger partial charge in [0.05, 0.1) is 11.4 Å². The third-order valence-corrected chi connectivity index (χ3v) is 6.44. The number of carbonyl (C=O) groups excluding carboxylic acids is 1. The number of hydrogen-bond acceptors (Lipinski definition) is 3. The highest BCUT2D eigenvalue weighted by molar-refractivity contribution is 7.89. The van der Waals surface area contributed by atoms with Gasteiger partial charge in [-0.2, -0.15) is 4.31 Å². The van der Waals surface area contributed by atoms with Crippen LogP contribution in [0.1, 0.15) is 37.8 Å². The van der Waals surface area contributed by atoms with Crippen LogP contribution >= 0.6 is 11.6 Å². The molecular formula is C21H27ClN2O3S. The standard InChI is InChI=1S/C21H27ClN2O3S/c1-4-5-17(3)23-21(25)15-24(14-18-8-10-19(22)11-9-18)28(26,27)20-12-6-16(2)7-13-20/h6-13,17H,4-5,14-15H2,1-3H3,(H,23,25). The van der Waals surface area contributed by atoms with Crippen molar-refractivity contribution in [1.29, 1.82) is 0 Å². The maximum Gasteiger partial charge on any atom is 0.243 e. The Kier molecular flexibility index (Phi) is 8.04. The quantitative estimate of drug-likeness (QED) is 0.660. The van der Waals surface area contributed by atoms with Crippen LogP contribution in [0.2, 0.25) is 5.02 Å². The van der Waals surface area contributed by atoms with Crippen LogP contribution in [-0.2, 0) is 21.4 Å². The van der Waals surface area contributed by atoms with Gasteiger partial charge in [0.25, 0.3) is 0 Å². The van der Waals surface area contributed by atoms with Crippen molar-refractivity contribution in [3.05, 3.63) is 64.7 Å². The Morgan fingerprint density at radius 2 is 1.71 bits per heavy atom. The minimum absolute atomic E-state index is 0.00281. The third-order valence-electron chi connectivity index (χ3n) is 4.38. The smallest absolute Gasteiger partial charge is 0.243 e. The summed E-state index contributed by atoms with van der Waals surface area (Å²) in [4.78, 5) is 12.6. The average Bonchev–Trinajstić information content (AvgIpc) is 2.63. The monoisotopic (exact) mass is 422 g/mol. The maximum absolute atomic E-state index is 13.2. The number of nitrogens with zero attached hydrogens (tertiary/aromatic N) is 1. The Morgan fingerprint density at radius 3 is 2.29 bits per heavy atom. The molecule has 7 heteroatoms. The lowest BCUT2D eigenvalue weighted by Gasteiger charge is -2.23. The summed E-state index contributed by atoms with van der Waals surface area (Å²) < 4.78 is 27.6. The number of hydrogen-bond donors (Lipinski definition) is 1. The van der Waals surface area contributed by atoms with Crippen molar-refractivity contribution in [1.82, 2.24) is 9.62 Å². The fourth-order valence-corrected chi connectivity index (χ4v) is 4.37. The number of amides is 1. The molecule has 152 valence electrons. The topological polar surface area (TPSA) is 66.5 Å². The largest absolute Gasteiger partial charge is 0.353 e. The second-order valence-electron chi connectivity index (χ2n) is 6.97. The number of nitrogens with one attached hydrogen (secondary N) is 1. The minimum atomic E-state index is -3.83. The van der Waals surface area contributed by atoms with Crippen LogP contribution in [0.5, 0.6) is 0 Å². The van der Waals surface area contributed by atoms with E-state index in [9.17, 15) is 13.2 Å². The average molecular weight is 423 g/mol. The van der Waals surface area contributed by atoms with Crippen LogP contribution in [0.15, 0.2) is 53.4 Å². The second kappa shape index (κ2) is 10.0. The first kappa shape index (κ1) is 22.4. The fourth-order valence-electron chi connectivity index (χ4n) is 2.86. The second-order valence-corrected chi connectivity index (χ2v) is 9.34. The first-order valence-electron chi connectivity index (χ1n) is 9.33. The summed E-state index contributed by atoms with van der Waals surface area (Å²) in [5.41, 5.74) is 1.73. The van der Waals surface area contributed by atoms with Gasteiger partial charge in [0.2, 0.25) is 15.9 Å². The molecule has 0 saturated carbocycles. The van der Waals surface area contributed by atoms with Gasteiger partial charge in [-0.1, -0.05) is 54.8 Å². The van der Waals surface area contributed by atoms with Crippen LogP contribution in [0.25, 0.3) is 0 Å². The molecule has 0 aliphatic heterocycles. The number of sulfonamides is 1. The van der Waals surface area contributed by atoms with Crippen molar-refractivity contribution >= 4 is 27.5 Å². The third kappa shape index (κ3) is 6.33.